The number of nitrogens with two attached hydrogens (primary N) is 1. The Bertz CT molecular complexity index is 2000. The molecule has 5 rings (SSSR count). The van der Waals surface area contributed by atoms with Gasteiger partial charge >= 0.3 is 19.7 Å². The predicted molar refractivity (Wildman–Crippen MR) is 188 cm³/mol. The zero-order chi connectivity index (χ0) is 38.2. The fourth-order valence-electron chi connectivity index (χ4n) is 5.58. The minimum Gasteiger partial charge on any atom is -0.479 e. The number of methoxy groups -OCH3 is 2. The topological polar surface area (TPSA) is 229 Å². The summed E-state index contributed by atoms with van der Waals surface area (Å²) in [6, 6.07) is 9.13. The van der Waals surface area contributed by atoms with E-state index < -0.39 is 56.3 Å². The van der Waals surface area contributed by atoms with E-state index in [2.05, 4.69) is 20.0 Å². The van der Waals surface area contributed by atoms with Crippen molar-refractivity contribution in [3.8, 4) is 11.6 Å². The number of aromatic nitrogens is 4. The molecule has 282 valence electrons. The van der Waals surface area contributed by atoms with Crippen molar-refractivity contribution >= 4 is 47.6 Å². The quantitative estimate of drug-likeness (QED) is 0.113. The Morgan fingerprint density at radius 1 is 1.12 bits per heavy atom. The standard InChI is InChI=1S/C34H45N6O11P/c1-18(29(42)47-8)20-9-10-22-14-23(12-11-21(22)13-20)51-52(45,39-19(2)30(43)48-16-33(3,4)5)49-15-24-26(41)34(6,44)31(50-24)40-17-36-25-27(40)37-32(35)38-28(25)46-7/h9-14,17-19,24,26,31,41,44H,15-16H2,1-8H3,(H,39,45)(H2,35,37,38)/t18-,19?,24+,26+,31?,34+,52?/m0/s1. The summed E-state index contributed by atoms with van der Waals surface area (Å²) in [6.07, 6.45) is -2.75. The van der Waals surface area contributed by atoms with Gasteiger partial charge in [-0.1, -0.05) is 45.0 Å². The van der Waals surface area contributed by atoms with E-state index in [0.717, 1.165) is 10.9 Å². The Kier molecular flexibility index (Phi) is 11.2. The van der Waals surface area contributed by atoms with Crippen LogP contribution in [0.15, 0.2) is 42.7 Å². The van der Waals surface area contributed by atoms with Gasteiger partial charge in [-0.05, 0) is 54.7 Å². The fourth-order valence-corrected chi connectivity index (χ4v) is 7.08. The number of nitrogen functional groups attached to an aromatic ring is 1. The average Bonchev–Trinajstić information content (AvgIpc) is 3.60. The third-order valence-corrected chi connectivity index (χ3v) is 10.1. The molecule has 2 aromatic carbocycles. The van der Waals surface area contributed by atoms with Crippen LogP contribution < -0.4 is 20.1 Å². The number of rotatable bonds is 13. The van der Waals surface area contributed by atoms with Crippen molar-refractivity contribution in [2.24, 2.45) is 5.41 Å². The molecule has 1 fully saturated rings. The highest BCUT2D eigenvalue weighted by Crippen LogP contribution is 2.48. The van der Waals surface area contributed by atoms with Crippen molar-refractivity contribution in [1.82, 2.24) is 24.6 Å². The van der Waals surface area contributed by atoms with Crippen molar-refractivity contribution in [1.29, 1.82) is 0 Å². The number of aliphatic hydroxyl groups excluding tert-OH is 1. The van der Waals surface area contributed by atoms with Crippen LogP contribution in [0.4, 0.5) is 5.95 Å². The second kappa shape index (κ2) is 14.9. The molecule has 0 amide bonds. The zero-order valence-corrected chi connectivity index (χ0v) is 31.1. The van der Waals surface area contributed by atoms with E-state index >= 15 is 0 Å². The van der Waals surface area contributed by atoms with Gasteiger partial charge < -0.3 is 39.4 Å². The molecule has 1 aliphatic rings. The van der Waals surface area contributed by atoms with Gasteiger partial charge in [0.05, 0.1) is 39.7 Å². The van der Waals surface area contributed by atoms with E-state index in [-0.39, 0.29) is 46.7 Å². The zero-order valence-electron chi connectivity index (χ0n) is 30.2. The summed E-state index contributed by atoms with van der Waals surface area (Å²) in [5.41, 5.74) is 4.76. The summed E-state index contributed by atoms with van der Waals surface area (Å²) in [5, 5.41) is 26.8. The monoisotopic (exact) mass is 744 g/mol. The molecule has 3 unspecified atom stereocenters. The molecule has 4 aromatic rings. The van der Waals surface area contributed by atoms with Gasteiger partial charge in [0.1, 0.15) is 29.6 Å². The summed E-state index contributed by atoms with van der Waals surface area (Å²) < 4.78 is 49.2. The third-order valence-electron chi connectivity index (χ3n) is 8.48. The summed E-state index contributed by atoms with van der Waals surface area (Å²) in [5.74, 6) is -1.45. The van der Waals surface area contributed by atoms with E-state index in [0.29, 0.717) is 5.39 Å². The van der Waals surface area contributed by atoms with Crippen molar-refractivity contribution in [3.05, 3.63) is 48.3 Å². The van der Waals surface area contributed by atoms with Gasteiger partial charge in [-0.3, -0.25) is 18.7 Å². The van der Waals surface area contributed by atoms with E-state index in [9.17, 15) is 24.4 Å². The van der Waals surface area contributed by atoms with Crippen LogP contribution in [0.1, 0.15) is 59.3 Å². The molecule has 0 saturated carbocycles. The number of hydrogen-bond acceptors (Lipinski definition) is 15. The summed E-state index contributed by atoms with van der Waals surface area (Å²) in [4.78, 5) is 37.5. The third kappa shape index (κ3) is 8.30. The molecule has 1 saturated heterocycles. The molecule has 52 heavy (non-hydrogen) atoms. The van der Waals surface area contributed by atoms with E-state index in [4.69, 9.17) is 33.7 Å². The highest BCUT2D eigenvalue weighted by Gasteiger charge is 2.54. The van der Waals surface area contributed by atoms with E-state index in [1.54, 1.807) is 37.3 Å². The lowest BCUT2D eigenvalue weighted by atomic mass is 9.96. The molecule has 0 radical (unpaired) electrons. The maximum atomic E-state index is 14.4. The van der Waals surface area contributed by atoms with Gasteiger partial charge in [0.15, 0.2) is 17.4 Å². The van der Waals surface area contributed by atoms with E-state index in [1.165, 1.54) is 39.0 Å². The number of anilines is 1. The van der Waals surface area contributed by atoms with Gasteiger partial charge in [0.25, 0.3) is 0 Å². The van der Waals surface area contributed by atoms with Crippen LogP contribution in [0.2, 0.25) is 0 Å². The van der Waals surface area contributed by atoms with Crippen LogP contribution >= 0.6 is 7.75 Å². The number of fused-ring (bicyclic) bond motifs is 2. The predicted octanol–water partition coefficient (Wildman–Crippen LogP) is 3.63. The van der Waals surface area contributed by atoms with Crippen LogP contribution in [0.5, 0.6) is 11.6 Å². The maximum absolute atomic E-state index is 14.4. The Morgan fingerprint density at radius 2 is 1.81 bits per heavy atom. The first-order valence-electron chi connectivity index (χ1n) is 16.5. The van der Waals surface area contributed by atoms with Crippen molar-refractivity contribution in [3.63, 3.8) is 0 Å². The first-order valence-corrected chi connectivity index (χ1v) is 18.0. The first kappa shape index (κ1) is 38.8. The van der Waals surface area contributed by atoms with Crippen LogP contribution in [0.25, 0.3) is 21.9 Å². The number of carbonyl (C=O) groups excluding carboxylic acids is 2. The van der Waals surface area contributed by atoms with Crippen LogP contribution in [0, 0.1) is 5.41 Å². The SMILES string of the molecule is COC(=O)[C@@H](C)c1ccc2cc(OP(=O)(NC(C)C(=O)OCC(C)(C)C)OC[C@H]3OC(n4cnc5c(OC)nc(N)nc54)[C@](C)(O)[C@@H]3O)ccc2c1. The maximum Gasteiger partial charge on any atom is 0.459 e. The Balaban J connectivity index is 1.40. The molecule has 2 aromatic heterocycles. The molecule has 17 nitrogen and oxygen atoms in total. The molecule has 0 bridgehead atoms. The molecule has 1 aliphatic heterocycles. The van der Waals surface area contributed by atoms with Gasteiger partial charge in [0.2, 0.25) is 11.8 Å². The molecule has 0 aliphatic carbocycles. The van der Waals surface area contributed by atoms with E-state index in [1.807, 2.05) is 26.8 Å². The number of benzene rings is 2. The number of imidazole rings is 1. The number of aliphatic hydroxyl groups is 2. The van der Waals surface area contributed by atoms with Crippen molar-refractivity contribution in [2.45, 2.75) is 77.5 Å². The number of carbonyl (C=O) groups is 2. The summed E-state index contributed by atoms with van der Waals surface area (Å²) >= 11 is 0. The lowest BCUT2D eigenvalue weighted by Crippen LogP contribution is -2.44. The minimum atomic E-state index is -4.45. The summed E-state index contributed by atoms with van der Waals surface area (Å²) in [6.45, 7) is 9.78. The number of hydrogen-bond donors (Lipinski definition) is 4. The Morgan fingerprint density at radius 3 is 2.48 bits per heavy atom. The van der Waals surface area contributed by atoms with Crippen LogP contribution in [-0.4, -0.2) is 93.0 Å². The van der Waals surface area contributed by atoms with Crippen LogP contribution in [0.3, 0.4) is 0 Å². The van der Waals surface area contributed by atoms with Crippen molar-refractivity contribution in [2.75, 3.05) is 33.2 Å². The lowest BCUT2D eigenvalue weighted by molar-refractivity contribution is -0.148. The second-order valence-electron chi connectivity index (χ2n) is 14.0. The lowest BCUT2D eigenvalue weighted by Gasteiger charge is -2.27. The van der Waals surface area contributed by atoms with Gasteiger partial charge in [-0.25, -0.2) is 9.55 Å². The second-order valence-corrected chi connectivity index (χ2v) is 15.7. The number of ether oxygens (including phenoxy) is 4. The Hall–Kier alpha value is -4.38. The largest absolute Gasteiger partial charge is 0.479 e. The highest BCUT2D eigenvalue weighted by atomic mass is 31.2. The number of nitrogens with zero attached hydrogens (tertiary/aromatic N) is 4. The van der Waals surface area contributed by atoms with Crippen LogP contribution in [-0.2, 0) is 32.9 Å². The van der Waals surface area contributed by atoms with Gasteiger partial charge in [0, 0.05) is 0 Å². The fraction of sp³-hybridized carbons (Fsp3) is 0.500. The molecule has 0 spiro atoms. The molecule has 18 heteroatoms. The smallest absolute Gasteiger partial charge is 0.459 e. The molecule has 3 heterocycles. The normalized spacial score (nSPS) is 22.8. The molecular weight excluding hydrogens is 699 g/mol. The number of esters is 2. The molecule has 7 atom stereocenters. The van der Waals surface area contributed by atoms with Crippen molar-refractivity contribution < 1.29 is 52.4 Å². The Labute approximate surface area is 300 Å². The highest BCUT2D eigenvalue weighted by molar-refractivity contribution is 7.52. The molecular formula is C34H45N6O11P. The van der Waals surface area contributed by atoms with Gasteiger partial charge in [-0.15, -0.1) is 0 Å². The first-order chi connectivity index (χ1) is 24.4. The summed E-state index contributed by atoms with van der Waals surface area (Å²) in [7, 11) is -1.73. The average molecular weight is 745 g/mol. The minimum absolute atomic E-state index is 0.100. The van der Waals surface area contributed by atoms with Gasteiger partial charge in [-0.2, -0.15) is 15.1 Å². The molecule has 5 N–H and O–H groups in total. The number of nitrogens with one attached hydrogen (secondary N) is 1.